The highest BCUT2D eigenvalue weighted by Crippen LogP contribution is 2.18. The Hall–Kier alpha value is -2.33. The smallest absolute Gasteiger partial charge is 0.241 e. The van der Waals surface area contributed by atoms with E-state index in [2.05, 4.69) is 5.32 Å². The van der Waals surface area contributed by atoms with Crippen LogP contribution in [0.15, 0.2) is 54.6 Å². The lowest BCUT2D eigenvalue weighted by atomic mass is 10.1. The van der Waals surface area contributed by atoms with Crippen molar-refractivity contribution in [3.8, 4) is 5.75 Å². The number of benzene rings is 2. The molecule has 2 aromatic carbocycles. The minimum Gasteiger partial charge on any atom is -0.494 e. The molecule has 1 atom stereocenters. The molecule has 0 bridgehead atoms. The van der Waals surface area contributed by atoms with E-state index in [1.165, 1.54) is 0 Å². The van der Waals surface area contributed by atoms with E-state index in [-0.39, 0.29) is 5.91 Å². The van der Waals surface area contributed by atoms with E-state index in [9.17, 15) is 4.79 Å². The van der Waals surface area contributed by atoms with Gasteiger partial charge in [0.2, 0.25) is 5.91 Å². The van der Waals surface area contributed by atoms with Crippen LogP contribution in [0.4, 0.5) is 0 Å². The molecular formula is C18H22N2O2. The SMILES string of the molecule is CCOc1ccccc1CCNC(=O)C(N)c1ccccc1. The van der Waals surface area contributed by atoms with Crippen LogP contribution in [0.5, 0.6) is 5.75 Å². The summed E-state index contributed by atoms with van der Waals surface area (Å²) in [7, 11) is 0. The standard InChI is InChI=1S/C18H22N2O2/c1-2-22-16-11-7-6-8-14(16)12-13-20-18(21)17(19)15-9-4-3-5-10-15/h3-11,17H,2,12-13,19H2,1H3,(H,20,21). The predicted molar refractivity (Wildman–Crippen MR) is 87.7 cm³/mol. The van der Waals surface area contributed by atoms with Gasteiger partial charge in [0, 0.05) is 6.54 Å². The normalized spacial score (nSPS) is 11.7. The van der Waals surface area contributed by atoms with Gasteiger partial charge < -0.3 is 15.8 Å². The van der Waals surface area contributed by atoms with Crippen molar-refractivity contribution in [2.45, 2.75) is 19.4 Å². The molecule has 4 nitrogen and oxygen atoms in total. The first-order valence-corrected chi connectivity index (χ1v) is 7.51. The van der Waals surface area contributed by atoms with E-state index in [0.29, 0.717) is 19.6 Å². The molecule has 0 aliphatic carbocycles. The Balaban J connectivity index is 1.87. The summed E-state index contributed by atoms with van der Waals surface area (Å²) in [5.74, 6) is 0.701. The van der Waals surface area contributed by atoms with Gasteiger partial charge in [-0.15, -0.1) is 0 Å². The second kappa shape index (κ2) is 8.20. The van der Waals surface area contributed by atoms with Gasteiger partial charge in [-0.1, -0.05) is 48.5 Å². The van der Waals surface area contributed by atoms with Crippen molar-refractivity contribution in [3.05, 3.63) is 65.7 Å². The fourth-order valence-corrected chi connectivity index (χ4v) is 2.25. The van der Waals surface area contributed by atoms with Crippen LogP contribution >= 0.6 is 0 Å². The van der Waals surface area contributed by atoms with Crippen LogP contribution in [0.3, 0.4) is 0 Å². The molecule has 0 radical (unpaired) electrons. The molecule has 116 valence electrons. The lowest BCUT2D eigenvalue weighted by molar-refractivity contribution is -0.122. The number of amides is 1. The number of para-hydroxylation sites is 1. The van der Waals surface area contributed by atoms with Crippen LogP contribution in [-0.2, 0) is 11.2 Å². The fraction of sp³-hybridized carbons (Fsp3) is 0.278. The quantitative estimate of drug-likeness (QED) is 0.825. The number of rotatable bonds is 7. The van der Waals surface area contributed by atoms with Crippen LogP contribution in [0.25, 0.3) is 0 Å². The van der Waals surface area contributed by atoms with Crippen LogP contribution in [0, 0.1) is 0 Å². The summed E-state index contributed by atoms with van der Waals surface area (Å²) in [6, 6.07) is 16.6. The summed E-state index contributed by atoms with van der Waals surface area (Å²) in [5, 5.41) is 2.88. The molecule has 0 aliphatic rings. The zero-order valence-corrected chi connectivity index (χ0v) is 12.8. The molecule has 1 unspecified atom stereocenters. The average Bonchev–Trinajstić information content (AvgIpc) is 2.56. The molecule has 0 heterocycles. The summed E-state index contributed by atoms with van der Waals surface area (Å²) in [4.78, 5) is 12.1. The van der Waals surface area contributed by atoms with Crippen molar-refractivity contribution in [2.24, 2.45) is 5.73 Å². The topological polar surface area (TPSA) is 64.3 Å². The summed E-state index contributed by atoms with van der Waals surface area (Å²) >= 11 is 0. The molecule has 0 spiro atoms. The molecule has 4 heteroatoms. The van der Waals surface area contributed by atoms with Crippen molar-refractivity contribution in [1.82, 2.24) is 5.32 Å². The maximum atomic E-state index is 12.1. The van der Waals surface area contributed by atoms with Gasteiger partial charge in [-0.2, -0.15) is 0 Å². The third-order valence-corrected chi connectivity index (χ3v) is 3.41. The van der Waals surface area contributed by atoms with Crippen molar-refractivity contribution in [1.29, 1.82) is 0 Å². The number of nitrogens with one attached hydrogen (secondary N) is 1. The van der Waals surface area contributed by atoms with E-state index in [4.69, 9.17) is 10.5 Å². The molecule has 1 amide bonds. The minimum absolute atomic E-state index is 0.167. The molecule has 0 aromatic heterocycles. The second-order valence-electron chi connectivity index (χ2n) is 4.97. The lowest BCUT2D eigenvalue weighted by Gasteiger charge is -2.14. The van der Waals surface area contributed by atoms with Gasteiger partial charge in [0.1, 0.15) is 11.8 Å². The van der Waals surface area contributed by atoms with Crippen molar-refractivity contribution < 1.29 is 9.53 Å². The average molecular weight is 298 g/mol. The van der Waals surface area contributed by atoms with Gasteiger partial charge in [-0.3, -0.25) is 4.79 Å². The van der Waals surface area contributed by atoms with Crippen LogP contribution in [0.1, 0.15) is 24.1 Å². The highest BCUT2D eigenvalue weighted by atomic mass is 16.5. The van der Waals surface area contributed by atoms with Gasteiger partial charge in [0.15, 0.2) is 0 Å². The summed E-state index contributed by atoms with van der Waals surface area (Å²) < 4.78 is 5.57. The molecule has 2 rings (SSSR count). The van der Waals surface area contributed by atoms with Crippen LogP contribution in [0.2, 0.25) is 0 Å². The minimum atomic E-state index is -0.636. The second-order valence-corrected chi connectivity index (χ2v) is 4.97. The first kappa shape index (κ1) is 16.0. The number of hydrogen-bond donors (Lipinski definition) is 2. The van der Waals surface area contributed by atoms with E-state index in [1.54, 1.807) is 0 Å². The summed E-state index contributed by atoms with van der Waals surface area (Å²) in [6.07, 6.45) is 0.712. The van der Waals surface area contributed by atoms with E-state index < -0.39 is 6.04 Å². The maximum Gasteiger partial charge on any atom is 0.241 e. The third kappa shape index (κ3) is 4.33. The maximum absolute atomic E-state index is 12.1. The van der Waals surface area contributed by atoms with E-state index >= 15 is 0 Å². The molecule has 0 saturated carbocycles. The highest BCUT2D eigenvalue weighted by molar-refractivity contribution is 5.82. The van der Waals surface area contributed by atoms with Crippen molar-refractivity contribution >= 4 is 5.91 Å². The van der Waals surface area contributed by atoms with Gasteiger partial charge in [-0.05, 0) is 30.5 Å². The third-order valence-electron chi connectivity index (χ3n) is 3.41. The Bertz CT molecular complexity index is 599. The monoisotopic (exact) mass is 298 g/mol. The number of hydrogen-bond acceptors (Lipinski definition) is 3. The first-order valence-electron chi connectivity index (χ1n) is 7.51. The van der Waals surface area contributed by atoms with Gasteiger partial charge >= 0.3 is 0 Å². The zero-order valence-electron chi connectivity index (χ0n) is 12.8. The number of carbonyl (C=O) groups is 1. The molecule has 2 aromatic rings. The molecule has 22 heavy (non-hydrogen) atoms. The Morgan fingerprint density at radius 3 is 2.55 bits per heavy atom. The van der Waals surface area contributed by atoms with Crippen molar-refractivity contribution in [2.75, 3.05) is 13.2 Å². The predicted octanol–water partition coefficient (Wildman–Crippen LogP) is 2.44. The van der Waals surface area contributed by atoms with Gasteiger partial charge in [0.25, 0.3) is 0 Å². The highest BCUT2D eigenvalue weighted by Gasteiger charge is 2.14. The van der Waals surface area contributed by atoms with E-state index in [1.807, 2.05) is 61.5 Å². The Labute approximate surface area is 131 Å². The fourth-order valence-electron chi connectivity index (χ4n) is 2.25. The molecule has 0 saturated heterocycles. The molecule has 0 fully saturated rings. The van der Waals surface area contributed by atoms with Gasteiger partial charge in [-0.25, -0.2) is 0 Å². The van der Waals surface area contributed by atoms with Crippen LogP contribution in [-0.4, -0.2) is 19.1 Å². The number of carbonyl (C=O) groups excluding carboxylic acids is 1. The largest absolute Gasteiger partial charge is 0.494 e. The number of nitrogens with two attached hydrogens (primary N) is 1. The summed E-state index contributed by atoms with van der Waals surface area (Å²) in [5.41, 5.74) is 7.85. The Morgan fingerprint density at radius 2 is 1.82 bits per heavy atom. The van der Waals surface area contributed by atoms with E-state index in [0.717, 1.165) is 16.9 Å². The lowest BCUT2D eigenvalue weighted by Crippen LogP contribution is -2.35. The summed E-state index contributed by atoms with van der Waals surface area (Å²) in [6.45, 7) is 3.11. The van der Waals surface area contributed by atoms with Crippen molar-refractivity contribution in [3.63, 3.8) is 0 Å². The van der Waals surface area contributed by atoms with Gasteiger partial charge in [0.05, 0.1) is 6.61 Å². The van der Waals surface area contributed by atoms with Crippen LogP contribution < -0.4 is 15.8 Å². The first-order chi connectivity index (χ1) is 10.7. The molecule has 3 N–H and O–H groups in total. The zero-order chi connectivity index (χ0) is 15.8. The molecule has 0 aliphatic heterocycles. The number of ether oxygens (including phenoxy) is 1. The Kier molecular flexibility index (Phi) is 5.98. The molecular weight excluding hydrogens is 276 g/mol. The Morgan fingerprint density at radius 1 is 1.14 bits per heavy atom.